The van der Waals surface area contributed by atoms with Gasteiger partial charge in [0.15, 0.2) is 0 Å². The van der Waals surface area contributed by atoms with E-state index in [2.05, 4.69) is 0 Å². The van der Waals surface area contributed by atoms with E-state index < -0.39 is 0 Å². The van der Waals surface area contributed by atoms with Gasteiger partial charge in [-0.25, -0.2) is 0 Å². The van der Waals surface area contributed by atoms with Crippen molar-refractivity contribution in [2.75, 3.05) is 39.3 Å². The molecule has 0 saturated carbocycles. The Morgan fingerprint density at radius 2 is 1.60 bits per heavy atom. The number of benzene rings is 2. The molecule has 0 atom stereocenters. The molecule has 0 bridgehead atoms. The van der Waals surface area contributed by atoms with E-state index in [-0.39, 0.29) is 17.7 Å². The number of piperazine rings is 1. The average Bonchev–Trinajstić information content (AvgIpc) is 3.32. The molecule has 6 nitrogen and oxygen atoms in total. The Labute approximate surface area is 178 Å². The number of hydrogen-bond acceptors (Lipinski definition) is 4. The minimum absolute atomic E-state index is 0.0927. The number of carbonyl (C=O) groups excluding carboxylic acids is 3. The number of carbonyl (C=O) groups is 3. The molecular formula is C23H22N3O3S+. The molecule has 2 aliphatic rings. The van der Waals surface area contributed by atoms with Crippen LogP contribution in [0.1, 0.15) is 30.4 Å². The van der Waals surface area contributed by atoms with Gasteiger partial charge in [-0.05, 0) is 29.0 Å². The third kappa shape index (κ3) is 3.20. The highest BCUT2D eigenvalue weighted by molar-refractivity contribution is 7.12. The zero-order valence-electron chi connectivity index (χ0n) is 16.5. The summed E-state index contributed by atoms with van der Waals surface area (Å²) in [6.07, 6.45) is 0. The molecule has 30 heavy (non-hydrogen) atoms. The molecule has 0 aliphatic carbocycles. The monoisotopic (exact) mass is 420 g/mol. The van der Waals surface area contributed by atoms with Crippen molar-refractivity contribution >= 4 is 39.8 Å². The molecule has 2 aliphatic heterocycles. The first kappa shape index (κ1) is 19.0. The second kappa shape index (κ2) is 7.66. The largest absolute Gasteiger partial charge is 0.331 e. The summed E-state index contributed by atoms with van der Waals surface area (Å²) in [4.78, 5) is 43.9. The van der Waals surface area contributed by atoms with Gasteiger partial charge in [-0.15, -0.1) is 11.3 Å². The van der Waals surface area contributed by atoms with Crippen LogP contribution in [0, 0.1) is 0 Å². The number of nitrogens with one attached hydrogen (secondary N) is 1. The highest BCUT2D eigenvalue weighted by Gasteiger charge is 2.34. The normalized spacial score (nSPS) is 17.1. The Balaban J connectivity index is 1.24. The van der Waals surface area contributed by atoms with E-state index in [1.54, 1.807) is 12.1 Å². The Morgan fingerprint density at radius 1 is 0.933 bits per heavy atom. The van der Waals surface area contributed by atoms with Gasteiger partial charge in [0.2, 0.25) is 0 Å². The van der Waals surface area contributed by atoms with Crippen LogP contribution in [0.5, 0.6) is 0 Å². The maximum absolute atomic E-state index is 13.0. The van der Waals surface area contributed by atoms with E-state index in [0.29, 0.717) is 37.3 Å². The fourth-order valence-electron chi connectivity index (χ4n) is 4.39. The Bertz CT molecular complexity index is 1080. The molecule has 1 aromatic heterocycles. The fraction of sp³-hybridized carbons (Fsp3) is 0.261. The zero-order valence-corrected chi connectivity index (χ0v) is 17.3. The van der Waals surface area contributed by atoms with Crippen molar-refractivity contribution in [3.63, 3.8) is 0 Å². The molecule has 0 radical (unpaired) electrons. The van der Waals surface area contributed by atoms with E-state index in [9.17, 15) is 14.4 Å². The minimum atomic E-state index is -0.213. The van der Waals surface area contributed by atoms with E-state index in [1.165, 1.54) is 21.1 Å². The van der Waals surface area contributed by atoms with E-state index in [1.807, 2.05) is 46.7 Å². The van der Waals surface area contributed by atoms with Gasteiger partial charge in [-0.1, -0.05) is 30.3 Å². The van der Waals surface area contributed by atoms with Crippen molar-refractivity contribution in [2.45, 2.75) is 0 Å². The van der Waals surface area contributed by atoms with Crippen LogP contribution < -0.4 is 4.90 Å². The number of nitrogens with zero attached hydrogens (tertiary/aromatic N) is 2. The Morgan fingerprint density at radius 3 is 2.20 bits per heavy atom. The smallest absolute Gasteiger partial charge is 0.264 e. The van der Waals surface area contributed by atoms with Gasteiger partial charge in [-0.2, -0.15) is 0 Å². The highest BCUT2D eigenvalue weighted by atomic mass is 32.1. The summed E-state index contributed by atoms with van der Waals surface area (Å²) in [7, 11) is 0. The van der Waals surface area contributed by atoms with Crippen molar-refractivity contribution in [1.82, 2.24) is 9.80 Å². The lowest BCUT2D eigenvalue weighted by molar-refractivity contribution is -0.903. The van der Waals surface area contributed by atoms with Gasteiger partial charge in [0, 0.05) is 16.5 Å². The number of amides is 3. The topological polar surface area (TPSA) is 62.1 Å². The summed E-state index contributed by atoms with van der Waals surface area (Å²) >= 11 is 1.47. The van der Waals surface area contributed by atoms with Gasteiger partial charge in [0.25, 0.3) is 17.7 Å². The Hall–Kier alpha value is -3.03. The van der Waals surface area contributed by atoms with Crippen molar-refractivity contribution in [2.24, 2.45) is 0 Å². The van der Waals surface area contributed by atoms with Crippen LogP contribution in [0.2, 0.25) is 0 Å². The second-order valence-corrected chi connectivity index (χ2v) is 8.69. The highest BCUT2D eigenvalue weighted by Crippen LogP contribution is 2.29. The molecule has 3 heterocycles. The standard InChI is InChI=1S/C23H21N3O3S/c27-21-17-6-1-4-16-5-2-7-18(20(16)17)22(28)26(21)14-11-24-9-12-25(13-10-24)23(29)19-8-3-15-30-19/h1-8,15H,9-14H2/p+1. The van der Waals surface area contributed by atoms with Gasteiger partial charge < -0.3 is 9.80 Å². The summed E-state index contributed by atoms with van der Waals surface area (Å²) in [5.41, 5.74) is 1.20. The SMILES string of the molecule is O=C(c1cccs1)N1CC[NH+](CCN2C(=O)c3cccc4cccc(c34)C2=O)CC1. The molecule has 3 aromatic rings. The predicted octanol–water partition coefficient (Wildman–Crippen LogP) is 1.54. The van der Waals surface area contributed by atoms with Crippen molar-refractivity contribution in [1.29, 1.82) is 0 Å². The van der Waals surface area contributed by atoms with Crippen LogP contribution in [0.15, 0.2) is 53.9 Å². The summed E-state index contributed by atoms with van der Waals surface area (Å²) in [5.74, 6) is -0.333. The maximum Gasteiger partial charge on any atom is 0.264 e. The molecule has 1 saturated heterocycles. The molecule has 0 spiro atoms. The van der Waals surface area contributed by atoms with Gasteiger partial charge in [-0.3, -0.25) is 19.3 Å². The molecule has 7 heteroatoms. The molecule has 0 unspecified atom stereocenters. The zero-order chi connectivity index (χ0) is 20.7. The van der Waals surface area contributed by atoms with Crippen molar-refractivity contribution in [3.05, 3.63) is 69.9 Å². The lowest BCUT2D eigenvalue weighted by Gasteiger charge is -2.33. The first-order chi connectivity index (χ1) is 14.6. The average molecular weight is 421 g/mol. The van der Waals surface area contributed by atoms with Crippen LogP contribution >= 0.6 is 11.3 Å². The molecule has 152 valence electrons. The second-order valence-electron chi connectivity index (χ2n) is 7.74. The van der Waals surface area contributed by atoms with Crippen LogP contribution in [-0.2, 0) is 0 Å². The van der Waals surface area contributed by atoms with Crippen molar-refractivity contribution in [3.8, 4) is 0 Å². The number of imide groups is 1. The predicted molar refractivity (Wildman–Crippen MR) is 115 cm³/mol. The summed E-state index contributed by atoms with van der Waals surface area (Å²) in [6, 6.07) is 14.9. The number of quaternary nitrogens is 1. The van der Waals surface area contributed by atoms with Gasteiger partial charge in [0.05, 0.1) is 44.1 Å². The molecule has 2 aromatic carbocycles. The first-order valence-corrected chi connectivity index (χ1v) is 11.1. The molecule has 1 N–H and O–H groups in total. The van der Waals surface area contributed by atoms with E-state index >= 15 is 0 Å². The molecule has 3 amide bonds. The third-order valence-corrected chi connectivity index (χ3v) is 6.89. The molecule has 1 fully saturated rings. The number of rotatable bonds is 4. The summed E-state index contributed by atoms with van der Waals surface area (Å²) in [6.45, 7) is 4.10. The molecular weight excluding hydrogens is 398 g/mol. The fourth-order valence-corrected chi connectivity index (χ4v) is 5.08. The van der Waals surface area contributed by atoms with Crippen LogP contribution in [0.4, 0.5) is 0 Å². The number of thiophene rings is 1. The number of hydrogen-bond donors (Lipinski definition) is 1. The van der Waals surface area contributed by atoms with Crippen LogP contribution in [0.25, 0.3) is 10.8 Å². The lowest BCUT2D eigenvalue weighted by atomic mass is 9.94. The van der Waals surface area contributed by atoms with Crippen LogP contribution in [-0.4, -0.2) is 66.8 Å². The van der Waals surface area contributed by atoms with Gasteiger partial charge in [0.1, 0.15) is 0 Å². The van der Waals surface area contributed by atoms with E-state index in [4.69, 9.17) is 0 Å². The summed E-state index contributed by atoms with van der Waals surface area (Å²) in [5, 5.41) is 3.60. The van der Waals surface area contributed by atoms with Crippen molar-refractivity contribution < 1.29 is 19.3 Å². The molecule has 5 rings (SSSR count). The minimum Gasteiger partial charge on any atom is -0.331 e. The van der Waals surface area contributed by atoms with Gasteiger partial charge >= 0.3 is 0 Å². The maximum atomic E-state index is 13.0. The van der Waals surface area contributed by atoms with E-state index in [0.717, 1.165) is 28.7 Å². The Kier molecular flexibility index (Phi) is 4.84. The quantitative estimate of drug-likeness (QED) is 0.652. The van der Waals surface area contributed by atoms with Crippen LogP contribution in [0.3, 0.4) is 0 Å². The third-order valence-electron chi connectivity index (χ3n) is 6.03. The lowest BCUT2D eigenvalue weighted by Crippen LogP contribution is -3.15. The summed E-state index contributed by atoms with van der Waals surface area (Å²) < 4.78 is 0. The first-order valence-electron chi connectivity index (χ1n) is 10.2.